The Kier molecular flexibility index (Phi) is 4.15. The molecule has 1 atom stereocenters. The Morgan fingerprint density at radius 2 is 1.91 bits per heavy atom. The zero-order valence-electron chi connectivity index (χ0n) is 12.0. The second-order valence-corrected chi connectivity index (χ2v) is 5.54. The number of hydrogen-bond acceptors (Lipinski definition) is 1. The van der Waals surface area contributed by atoms with E-state index in [1.165, 1.54) is 11.1 Å². The molecule has 5 heteroatoms. The highest BCUT2D eigenvalue weighted by atomic mass is 19.1. The first-order valence-electron chi connectivity index (χ1n) is 7.27. The normalized spacial score (nSPS) is 16.9. The number of fused-ring (bicyclic) bond motifs is 1. The van der Waals surface area contributed by atoms with Gasteiger partial charge in [-0.3, -0.25) is 4.79 Å². The molecule has 1 unspecified atom stereocenters. The highest BCUT2D eigenvalue weighted by Gasteiger charge is 2.21. The van der Waals surface area contributed by atoms with Crippen LogP contribution in [-0.2, 0) is 17.8 Å². The number of nitrogens with one attached hydrogen (secondary N) is 2. The van der Waals surface area contributed by atoms with Crippen LogP contribution in [0.15, 0.2) is 42.5 Å². The molecule has 0 aromatic heterocycles. The average Bonchev–Trinajstić information content (AvgIpc) is 2.51. The lowest BCUT2D eigenvalue weighted by Crippen LogP contribution is -3.12. The largest absolute Gasteiger partial charge is 0.323 e. The molecule has 0 fully saturated rings. The van der Waals surface area contributed by atoms with Crippen molar-refractivity contribution in [3.63, 3.8) is 0 Å². The maximum atomic E-state index is 13.5. The number of halogens is 2. The van der Waals surface area contributed by atoms with Gasteiger partial charge in [-0.15, -0.1) is 0 Å². The van der Waals surface area contributed by atoms with Crippen LogP contribution in [0.3, 0.4) is 0 Å². The fourth-order valence-electron chi connectivity index (χ4n) is 2.81. The molecule has 3 nitrogen and oxygen atoms in total. The van der Waals surface area contributed by atoms with E-state index in [4.69, 9.17) is 0 Å². The summed E-state index contributed by atoms with van der Waals surface area (Å²) < 4.78 is 26.6. The lowest BCUT2D eigenvalue weighted by molar-refractivity contribution is -0.907. The summed E-state index contributed by atoms with van der Waals surface area (Å²) in [6.07, 6.45) is 0.924. The summed E-state index contributed by atoms with van der Waals surface area (Å²) in [5.41, 5.74) is 2.46. The van der Waals surface area contributed by atoms with Crippen LogP contribution in [0.2, 0.25) is 0 Å². The molecule has 0 saturated carbocycles. The first-order valence-corrected chi connectivity index (χ1v) is 7.27. The van der Waals surface area contributed by atoms with E-state index < -0.39 is 11.6 Å². The van der Waals surface area contributed by atoms with Crippen molar-refractivity contribution in [1.82, 2.24) is 0 Å². The third-order valence-corrected chi connectivity index (χ3v) is 3.92. The second-order valence-electron chi connectivity index (χ2n) is 5.54. The van der Waals surface area contributed by atoms with Gasteiger partial charge in [-0.05, 0) is 17.7 Å². The van der Waals surface area contributed by atoms with Gasteiger partial charge in [-0.25, -0.2) is 8.78 Å². The van der Waals surface area contributed by atoms with E-state index in [2.05, 4.69) is 17.4 Å². The van der Waals surface area contributed by atoms with Crippen molar-refractivity contribution < 1.29 is 18.5 Å². The van der Waals surface area contributed by atoms with E-state index in [1.54, 1.807) is 0 Å². The molecule has 0 spiro atoms. The number of quaternary nitrogens is 1. The van der Waals surface area contributed by atoms with Crippen LogP contribution in [0.25, 0.3) is 0 Å². The van der Waals surface area contributed by atoms with E-state index >= 15 is 0 Å². The number of carbonyl (C=O) groups excluding carboxylic acids is 1. The Labute approximate surface area is 127 Å². The maximum absolute atomic E-state index is 13.5. The average molecular weight is 303 g/mol. The highest BCUT2D eigenvalue weighted by molar-refractivity contribution is 5.91. The topological polar surface area (TPSA) is 33.5 Å². The molecule has 22 heavy (non-hydrogen) atoms. The summed E-state index contributed by atoms with van der Waals surface area (Å²) >= 11 is 0. The third kappa shape index (κ3) is 3.31. The molecule has 3 rings (SSSR count). The minimum absolute atomic E-state index is 0.109. The van der Waals surface area contributed by atoms with Crippen molar-refractivity contribution in [2.45, 2.75) is 13.0 Å². The minimum Gasteiger partial charge on any atom is -0.323 e. The first kappa shape index (κ1) is 14.7. The van der Waals surface area contributed by atoms with Crippen LogP contribution in [0.5, 0.6) is 0 Å². The van der Waals surface area contributed by atoms with Crippen LogP contribution >= 0.6 is 0 Å². The molecular weight excluding hydrogens is 286 g/mol. The van der Waals surface area contributed by atoms with Crippen molar-refractivity contribution in [1.29, 1.82) is 0 Å². The van der Waals surface area contributed by atoms with Gasteiger partial charge >= 0.3 is 0 Å². The lowest BCUT2D eigenvalue weighted by atomic mass is 10.00. The van der Waals surface area contributed by atoms with Gasteiger partial charge in [-0.1, -0.05) is 24.3 Å². The monoisotopic (exact) mass is 303 g/mol. The van der Waals surface area contributed by atoms with Gasteiger partial charge in [0.15, 0.2) is 6.54 Å². The van der Waals surface area contributed by atoms with E-state index in [1.807, 2.05) is 12.1 Å². The van der Waals surface area contributed by atoms with Crippen LogP contribution in [-0.4, -0.2) is 19.0 Å². The van der Waals surface area contributed by atoms with Gasteiger partial charge in [0.2, 0.25) is 0 Å². The molecule has 2 aromatic rings. The summed E-state index contributed by atoms with van der Waals surface area (Å²) in [5.74, 6) is -1.51. The molecule has 0 aliphatic carbocycles. The molecule has 1 amide bonds. The Morgan fingerprint density at radius 1 is 1.14 bits per heavy atom. The number of rotatable bonds is 3. The Bertz CT molecular complexity index is 703. The molecule has 0 saturated heterocycles. The van der Waals surface area contributed by atoms with Crippen molar-refractivity contribution >= 4 is 11.6 Å². The molecule has 1 heterocycles. The molecule has 2 N–H and O–H groups in total. The molecule has 114 valence electrons. The van der Waals surface area contributed by atoms with Crippen LogP contribution < -0.4 is 10.2 Å². The quantitative estimate of drug-likeness (QED) is 0.886. The molecule has 0 radical (unpaired) electrons. The Hall–Kier alpha value is -2.27. The van der Waals surface area contributed by atoms with E-state index in [0.717, 1.165) is 42.6 Å². The van der Waals surface area contributed by atoms with Crippen LogP contribution in [0.4, 0.5) is 14.5 Å². The number of benzene rings is 2. The third-order valence-electron chi connectivity index (χ3n) is 3.92. The first-order chi connectivity index (χ1) is 10.6. The summed E-state index contributed by atoms with van der Waals surface area (Å²) in [7, 11) is 0. The smallest absolute Gasteiger partial charge is 0.279 e. The summed E-state index contributed by atoms with van der Waals surface area (Å²) in [5, 5.41) is 2.45. The molecule has 0 bridgehead atoms. The van der Waals surface area contributed by atoms with Crippen molar-refractivity contribution in [2.24, 2.45) is 0 Å². The van der Waals surface area contributed by atoms with Gasteiger partial charge in [0.05, 0.1) is 12.2 Å². The number of carbonyl (C=O) groups is 1. The summed E-state index contributed by atoms with van der Waals surface area (Å²) in [6.45, 7) is 1.87. The van der Waals surface area contributed by atoms with Crippen molar-refractivity contribution in [2.75, 3.05) is 18.4 Å². The number of hydrogen-bond donors (Lipinski definition) is 2. The van der Waals surface area contributed by atoms with Crippen LogP contribution in [0.1, 0.15) is 11.1 Å². The Morgan fingerprint density at radius 3 is 2.73 bits per heavy atom. The van der Waals surface area contributed by atoms with E-state index in [0.29, 0.717) is 0 Å². The molecule has 2 aromatic carbocycles. The molecule has 1 aliphatic rings. The lowest BCUT2D eigenvalue weighted by Gasteiger charge is -2.25. The fraction of sp³-hybridized carbons (Fsp3) is 0.235. The van der Waals surface area contributed by atoms with Crippen molar-refractivity contribution in [3.05, 3.63) is 65.2 Å². The van der Waals surface area contributed by atoms with E-state index in [-0.39, 0.29) is 18.1 Å². The second kappa shape index (κ2) is 6.23. The van der Waals surface area contributed by atoms with Gasteiger partial charge in [0.1, 0.15) is 18.2 Å². The predicted molar refractivity (Wildman–Crippen MR) is 79.5 cm³/mol. The highest BCUT2D eigenvalue weighted by Crippen LogP contribution is 2.15. The Balaban J connectivity index is 1.62. The maximum Gasteiger partial charge on any atom is 0.279 e. The number of amides is 1. The standard InChI is InChI=1S/C17H16F2N2O/c18-14-5-6-15(19)16(9-14)20-17(22)11-21-8-7-12-3-1-2-4-13(12)10-21/h1-6,9H,7-8,10-11H2,(H,20,22)/p+1. The number of anilines is 1. The summed E-state index contributed by atoms with van der Waals surface area (Å²) in [6, 6.07) is 11.2. The van der Waals surface area contributed by atoms with Gasteiger partial charge < -0.3 is 10.2 Å². The van der Waals surface area contributed by atoms with Gasteiger partial charge in [0, 0.05) is 18.1 Å². The van der Waals surface area contributed by atoms with Crippen LogP contribution in [0, 0.1) is 11.6 Å². The molecule has 1 aliphatic heterocycles. The molecular formula is C17H17F2N2O+. The van der Waals surface area contributed by atoms with Gasteiger partial charge in [0.25, 0.3) is 5.91 Å². The van der Waals surface area contributed by atoms with Gasteiger partial charge in [-0.2, -0.15) is 0 Å². The zero-order valence-corrected chi connectivity index (χ0v) is 12.0. The van der Waals surface area contributed by atoms with Crippen molar-refractivity contribution in [3.8, 4) is 0 Å². The van der Waals surface area contributed by atoms with E-state index in [9.17, 15) is 13.6 Å². The predicted octanol–water partition coefficient (Wildman–Crippen LogP) is 1.54. The SMILES string of the molecule is O=C(C[NH+]1CCc2ccccc2C1)Nc1cc(F)ccc1F. The summed E-state index contributed by atoms with van der Waals surface area (Å²) in [4.78, 5) is 13.2. The minimum atomic E-state index is -0.631. The fourth-order valence-corrected chi connectivity index (χ4v) is 2.81. The zero-order chi connectivity index (χ0) is 15.5.